The molecule has 0 amide bonds. The van der Waals surface area contributed by atoms with Crippen LogP contribution < -0.4 is 0 Å². The molecule has 0 aliphatic carbocycles. The van der Waals surface area contributed by atoms with Crippen LogP contribution >= 0.6 is 46.8 Å². The maximum Gasteiger partial charge on any atom is 0.335 e. The zero-order valence-electron chi connectivity index (χ0n) is 5.71. The first-order valence-corrected chi connectivity index (χ1v) is 4.84. The van der Waals surface area contributed by atoms with Gasteiger partial charge in [0.2, 0.25) is 0 Å². The number of rotatable bonds is 1. The lowest BCUT2D eigenvalue weighted by atomic mass is 10.2. The second-order valence-electron chi connectivity index (χ2n) is 2.10. The van der Waals surface area contributed by atoms with E-state index in [1.165, 1.54) is 12.1 Å². The summed E-state index contributed by atoms with van der Waals surface area (Å²) in [5, 5.41) is 9.13. The monoisotopic (exact) mass is 314 g/mol. The van der Waals surface area contributed by atoms with E-state index in [1.807, 2.05) is 22.6 Å². The highest BCUT2D eigenvalue weighted by molar-refractivity contribution is 14.1. The van der Waals surface area contributed by atoms with Crippen LogP contribution in [0.15, 0.2) is 17.0 Å². The van der Waals surface area contributed by atoms with Crippen molar-refractivity contribution in [3.8, 4) is 0 Å². The van der Waals surface area contributed by atoms with Crippen molar-refractivity contribution < 1.29 is 9.90 Å². The number of thiol groups is 1. The summed E-state index contributed by atoms with van der Waals surface area (Å²) >= 11 is 11.8. The third-order valence-corrected chi connectivity index (χ3v) is 3.32. The molecule has 0 aliphatic heterocycles. The Kier molecular flexibility index (Phi) is 3.25. The molecule has 1 N–H and O–H groups in total. The molecule has 1 aromatic carbocycles. The van der Waals surface area contributed by atoms with Gasteiger partial charge < -0.3 is 5.11 Å². The summed E-state index contributed by atoms with van der Waals surface area (Å²) < 4.78 is 0.694. The number of carboxylic acid groups (broad SMARTS) is 1. The van der Waals surface area contributed by atoms with Crippen molar-refractivity contribution in [1.82, 2.24) is 0 Å². The highest BCUT2D eigenvalue weighted by Gasteiger charge is 2.08. The topological polar surface area (TPSA) is 37.3 Å². The van der Waals surface area contributed by atoms with Crippen LogP contribution in [0.2, 0.25) is 5.02 Å². The SMILES string of the molecule is O=C(O)c1cc(S)c(Cl)c(I)c1. The Bertz CT molecular complexity index is 317. The van der Waals surface area contributed by atoms with E-state index in [2.05, 4.69) is 12.6 Å². The van der Waals surface area contributed by atoms with Crippen molar-refractivity contribution in [1.29, 1.82) is 0 Å². The van der Waals surface area contributed by atoms with E-state index in [4.69, 9.17) is 16.7 Å². The third-order valence-electron chi connectivity index (χ3n) is 1.26. The Labute approximate surface area is 93.5 Å². The molecule has 1 aromatic rings. The fourth-order valence-electron chi connectivity index (χ4n) is 0.698. The zero-order valence-corrected chi connectivity index (χ0v) is 9.52. The Morgan fingerprint density at radius 2 is 2.17 bits per heavy atom. The van der Waals surface area contributed by atoms with Crippen LogP contribution in [0, 0.1) is 3.57 Å². The fraction of sp³-hybridized carbons (Fsp3) is 0. The fourth-order valence-corrected chi connectivity index (χ4v) is 1.91. The summed E-state index contributed by atoms with van der Waals surface area (Å²) in [6.07, 6.45) is 0. The molecular formula is C7H4ClIO2S. The summed E-state index contributed by atoms with van der Waals surface area (Å²) in [6, 6.07) is 2.93. The van der Waals surface area contributed by atoms with E-state index in [-0.39, 0.29) is 5.56 Å². The van der Waals surface area contributed by atoms with E-state index in [0.717, 1.165) is 0 Å². The van der Waals surface area contributed by atoms with Crippen molar-refractivity contribution in [2.24, 2.45) is 0 Å². The van der Waals surface area contributed by atoms with Crippen LogP contribution in [0.3, 0.4) is 0 Å². The van der Waals surface area contributed by atoms with Gasteiger partial charge in [0.25, 0.3) is 0 Å². The highest BCUT2D eigenvalue weighted by Crippen LogP contribution is 2.27. The predicted molar refractivity (Wildman–Crippen MR) is 58.4 cm³/mol. The largest absolute Gasteiger partial charge is 0.478 e. The molecule has 12 heavy (non-hydrogen) atoms. The van der Waals surface area contributed by atoms with Crippen molar-refractivity contribution in [3.05, 3.63) is 26.3 Å². The number of hydrogen-bond acceptors (Lipinski definition) is 2. The Balaban J connectivity index is 3.31. The lowest BCUT2D eigenvalue weighted by Crippen LogP contribution is -1.97. The van der Waals surface area contributed by atoms with Crippen molar-refractivity contribution in [2.45, 2.75) is 4.90 Å². The number of aromatic carboxylic acids is 1. The van der Waals surface area contributed by atoms with Crippen LogP contribution in [-0.2, 0) is 0 Å². The van der Waals surface area contributed by atoms with Gasteiger partial charge in [-0.3, -0.25) is 0 Å². The second-order valence-corrected chi connectivity index (χ2v) is 4.12. The minimum Gasteiger partial charge on any atom is -0.478 e. The second kappa shape index (κ2) is 3.85. The molecule has 0 spiro atoms. The maximum absolute atomic E-state index is 10.5. The molecular weight excluding hydrogens is 310 g/mol. The predicted octanol–water partition coefficient (Wildman–Crippen LogP) is 2.93. The molecule has 0 aromatic heterocycles. The van der Waals surface area contributed by atoms with Crippen LogP contribution in [-0.4, -0.2) is 11.1 Å². The van der Waals surface area contributed by atoms with Gasteiger partial charge in [-0.25, -0.2) is 4.79 Å². The number of carboxylic acids is 1. The first kappa shape index (κ1) is 10.1. The van der Waals surface area contributed by atoms with Crippen LogP contribution in [0.4, 0.5) is 0 Å². The molecule has 0 atom stereocenters. The van der Waals surface area contributed by atoms with Gasteiger partial charge in [0, 0.05) is 8.47 Å². The minimum atomic E-state index is -0.972. The first-order valence-electron chi connectivity index (χ1n) is 2.93. The van der Waals surface area contributed by atoms with Crippen molar-refractivity contribution >= 4 is 52.8 Å². The number of halogens is 2. The standard InChI is InChI=1S/C7H4ClIO2S/c8-6-4(9)1-3(7(10)11)2-5(6)12/h1-2,12H,(H,10,11). The molecule has 0 aliphatic rings. The van der Waals surface area contributed by atoms with Crippen LogP contribution in [0.1, 0.15) is 10.4 Å². The number of carbonyl (C=O) groups is 1. The summed E-state index contributed by atoms with van der Waals surface area (Å²) in [7, 11) is 0. The Morgan fingerprint density at radius 1 is 1.58 bits per heavy atom. The Hall–Kier alpha value is 0.0600. The van der Waals surface area contributed by atoms with Gasteiger partial charge in [-0.05, 0) is 34.7 Å². The maximum atomic E-state index is 10.5. The van der Waals surface area contributed by atoms with Gasteiger partial charge in [0.1, 0.15) is 0 Å². The highest BCUT2D eigenvalue weighted by atomic mass is 127. The normalized spacial score (nSPS) is 9.92. The molecule has 5 heteroatoms. The van der Waals surface area contributed by atoms with E-state index >= 15 is 0 Å². The summed E-state index contributed by atoms with van der Waals surface area (Å²) in [6.45, 7) is 0. The van der Waals surface area contributed by atoms with Gasteiger partial charge in [-0.15, -0.1) is 12.6 Å². The zero-order chi connectivity index (χ0) is 9.30. The van der Waals surface area contributed by atoms with E-state index in [1.54, 1.807) is 0 Å². The van der Waals surface area contributed by atoms with Gasteiger partial charge in [0.15, 0.2) is 0 Å². The van der Waals surface area contributed by atoms with Gasteiger partial charge in [-0.2, -0.15) is 0 Å². The molecule has 0 unspecified atom stereocenters. The minimum absolute atomic E-state index is 0.203. The van der Waals surface area contributed by atoms with Crippen molar-refractivity contribution in [3.63, 3.8) is 0 Å². The quantitative estimate of drug-likeness (QED) is 0.618. The van der Waals surface area contributed by atoms with Crippen LogP contribution in [0.5, 0.6) is 0 Å². The molecule has 0 bridgehead atoms. The molecule has 1 rings (SSSR count). The summed E-state index contributed by atoms with van der Waals surface area (Å²) in [5.74, 6) is -0.972. The molecule has 0 radical (unpaired) electrons. The molecule has 0 fully saturated rings. The third kappa shape index (κ3) is 2.05. The lowest BCUT2D eigenvalue weighted by Gasteiger charge is -2.01. The summed E-state index contributed by atoms with van der Waals surface area (Å²) in [4.78, 5) is 11.0. The van der Waals surface area contributed by atoms with Gasteiger partial charge >= 0.3 is 5.97 Å². The van der Waals surface area contributed by atoms with E-state index in [9.17, 15) is 4.79 Å². The molecule has 0 saturated heterocycles. The van der Waals surface area contributed by atoms with Gasteiger partial charge in [-0.1, -0.05) is 11.6 Å². The molecule has 2 nitrogen and oxygen atoms in total. The number of benzene rings is 1. The molecule has 0 saturated carbocycles. The van der Waals surface area contributed by atoms with E-state index in [0.29, 0.717) is 13.5 Å². The Morgan fingerprint density at radius 3 is 2.58 bits per heavy atom. The molecule has 64 valence electrons. The average molecular weight is 315 g/mol. The lowest BCUT2D eigenvalue weighted by molar-refractivity contribution is 0.0696. The number of hydrogen-bond donors (Lipinski definition) is 2. The smallest absolute Gasteiger partial charge is 0.335 e. The first-order chi connectivity index (χ1) is 5.52. The van der Waals surface area contributed by atoms with Crippen LogP contribution in [0.25, 0.3) is 0 Å². The van der Waals surface area contributed by atoms with E-state index < -0.39 is 5.97 Å². The molecule has 0 heterocycles. The summed E-state index contributed by atoms with van der Waals surface area (Å²) in [5.41, 5.74) is 0.203. The van der Waals surface area contributed by atoms with Gasteiger partial charge in [0.05, 0.1) is 10.6 Å². The van der Waals surface area contributed by atoms with Crippen molar-refractivity contribution in [2.75, 3.05) is 0 Å². The average Bonchev–Trinajstić information content (AvgIpc) is 1.99.